The van der Waals surface area contributed by atoms with E-state index in [0.29, 0.717) is 0 Å². The van der Waals surface area contributed by atoms with E-state index < -0.39 is 12.6 Å². The molecule has 0 amide bonds. The number of benzene rings is 1. The lowest BCUT2D eigenvalue weighted by molar-refractivity contribution is -0.127. The second-order valence-corrected chi connectivity index (χ2v) is 2.55. The molecule has 0 saturated carbocycles. The van der Waals surface area contributed by atoms with Crippen molar-refractivity contribution in [3.8, 4) is 0 Å². The van der Waals surface area contributed by atoms with Crippen molar-refractivity contribution in [2.24, 2.45) is 0 Å². The summed E-state index contributed by atoms with van der Waals surface area (Å²) < 4.78 is 35.8. The van der Waals surface area contributed by atoms with Gasteiger partial charge in [-0.15, -0.1) is 0 Å². The molecule has 1 nitrogen and oxygen atoms in total. The Morgan fingerprint density at radius 2 is 1.85 bits per heavy atom. The Bertz CT molecular complexity index is 304. The van der Waals surface area contributed by atoms with Crippen molar-refractivity contribution in [2.75, 3.05) is 0 Å². The predicted molar refractivity (Wildman–Crippen MR) is 41.0 cm³/mol. The molecule has 0 spiro atoms. The highest BCUT2D eigenvalue weighted by Gasteiger charge is 2.28. The van der Waals surface area contributed by atoms with E-state index in [2.05, 4.69) is 0 Å². The van der Waals surface area contributed by atoms with Crippen LogP contribution in [0.5, 0.6) is 0 Å². The van der Waals surface area contributed by atoms with Crippen LogP contribution in [0.2, 0.25) is 0 Å². The minimum atomic E-state index is -4.28. The summed E-state index contributed by atoms with van der Waals surface area (Å²) in [6.07, 6.45) is -3.90. The Kier molecular flexibility index (Phi) is 2.70. The fourth-order valence-electron chi connectivity index (χ4n) is 0.990. The van der Waals surface area contributed by atoms with Crippen LogP contribution in [0.15, 0.2) is 24.3 Å². The fraction of sp³-hybridized carbons (Fsp3) is 0.222. The summed E-state index contributed by atoms with van der Waals surface area (Å²) in [6.45, 7) is 0. The van der Waals surface area contributed by atoms with Gasteiger partial charge in [-0.1, -0.05) is 24.3 Å². The first kappa shape index (κ1) is 9.77. The third-order valence-corrected chi connectivity index (χ3v) is 1.52. The van der Waals surface area contributed by atoms with Gasteiger partial charge in [0.2, 0.25) is 6.29 Å². The Balaban J connectivity index is 2.94. The number of rotatable bonds is 2. The number of hydrogen-bond donors (Lipinski definition) is 0. The van der Waals surface area contributed by atoms with Gasteiger partial charge in [-0.2, -0.15) is 13.2 Å². The molecule has 0 aliphatic rings. The summed E-state index contributed by atoms with van der Waals surface area (Å²) in [5, 5.41) is 0. The molecule has 0 fully saturated rings. The SMILES string of the molecule is O=[C]c1ccccc1CC(F)(F)F. The monoisotopic (exact) mass is 187 g/mol. The quantitative estimate of drug-likeness (QED) is 0.693. The van der Waals surface area contributed by atoms with E-state index in [4.69, 9.17) is 0 Å². The summed E-state index contributed by atoms with van der Waals surface area (Å²) in [5.41, 5.74) is -0.0650. The van der Waals surface area contributed by atoms with Crippen molar-refractivity contribution >= 4 is 6.29 Å². The van der Waals surface area contributed by atoms with Gasteiger partial charge in [-0.25, -0.2) is 0 Å². The first-order valence-corrected chi connectivity index (χ1v) is 3.56. The van der Waals surface area contributed by atoms with Gasteiger partial charge in [0.25, 0.3) is 0 Å². The van der Waals surface area contributed by atoms with Gasteiger partial charge in [0.05, 0.1) is 6.42 Å². The summed E-state index contributed by atoms with van der Waals surface area (Å²) in [7, 11) is 0. The first-order chi connectivity index (χ1) is 6.03. The van der Waals surface area contributed by atoms with Gasteiger partial charge >= 0.3 is 6.18 Å². The molecule has 0 aliphatic carbocycles. The normalized spacial score (nSPS) is 11.3. The predicted octanol–water partition coefficient (Wildman–Crippen LogP) is 2.25. The van der Waals surface area contributed by atoms with Crippen molar-refractivity contribution in [1.82, 2.24) is 0 Å². The molecule has 4 heteroatoms. The molecular formula is C9H6F3O. The maximum atomic E-state index is 11.9. The molecule has 1 radical (unpaired) electrons. The standard InChI is InChI=1S/C9H6F3O/c10-9(11,12)5-7-3-1-2-4-8(7)6-13/h1-4H,5H2. The highest BCUT2D eigenvalue weighted by atomic mass is 19.4. The molecule has 0 atom stereocenters. The average Bonchev–Trinajstić information content (AvgIpc) is 2.02. The molecule has 1 aromatic rings. The minimum absolute atomic E-state index is 0.0279. The molecule has 0 saturated heterocycles. The molecule has 69 valence electrons. The molecule has 0 unspecified atom stereocenters. The molecule has 1 rings (SSSR count). The van der Waals surface area contributed by atoms with E-state index in [0.717, 1.165) is 0 Å². The Labute approximate surface area is 73.2 Å². The molecule has 0 heterocycles. The van der Waals surface area contributed by atoms with Crippen molar-refractivity contribution in [3.63, 3.8) is 0 Å². The van der Waals surface area contributed by atoms with Crippen molar-refractivity contribution in [3.05, 3.63) is 35.4 Å². The lowest BCUT2D eigenvalue weighted by atomic mass is 10.1. The van der Waals surface area contributed by atoms with E-state index in [1.807, 2.05) is 0 Å². The van der Waals surface area contributed by atoms with E-state index in [1.54, 1.807) is 0 Å². The number of hydrogen-bond acceptors (Lipinski definition) is 1. The van der Waals surface area contributed by atoms with Crippen LogP contribution in [0.3, 0.4) is 0 Å². The van der Waals surface area contributed by atoms with Crippen LogP contribution in [0.4, 0.5) is 13.2 Å². The molecule has 1 aromatic carbocycles. The van der Waals surface area contributed by atoms with Crippen LogP contribution < -0.4 is 0 Å². The van der Waals surface area contributed by atoms with Crippen molar-refractivity contribution < 1.29 is 18.0 Å². The zero-order valence-corrected chi connectivity index (χ0v) is 6.56. The third-order valence-electron chi connectivity index (χ3n) is 1.52. The maximum absolute atomic E-state index is 11.9. The second-order valence-electron chi connectivity index (χ2n) is 2.55. The van der Waals surface area contributed by atoms with Crippen LogP contribution in [0, 0.1) is 0 Å². The van der Waals surface area contributed by atoms with Crippen LogP contribution >= 0.6 is 0 Å². The van der Waals surface area contributed by atoms with Crippen LogP contribution in [-0.2, 0) is 11.2 Å². The zero-order chi connectivity index (χ0) is 9.90. The highest BCUT2D eigenvalue weighted by molar-refractivity contribution is 5.77. The number of alkyl halides is 3. The van der Waals surface area contributed by atoms with E-state index in [1.165, 1.54) is 30.6 Å². The van der Waals surface area contributed by atoms with Gasteiger partial charge < -0.3 is 0 Å². The topological polar surface area (TPSA) is 17.1 Å². The Morgan fingerprint density at radius 3 is 2.38 bits per heavy atom. The van der Waals surface area contributed by atoms with Crippen LogP contribution in [-0.4, -0.2) is 12.5 Å². The Morgan fingerprint density at radius 1 is 1.23 bits per heavy atom. The zero-order valence-electron chi connectivity index (χ0n) is 6.56. The fourth-order valence-corrected chi connectivity index (χ4v) is 0.990. The molecule has 0 aromatic heterocycles. The molecule has 13 heavy (non-hydrogen) atoms. The van der Waals surface area contributed by atoms with Gasteiger partial charge in [0, 0.05) is 5.56 Å². The second kappa shape index (κ2) is 3.60. The van der Waals surface area contributed by atoms with Gasteiger partial charge in [-0.05, 0) is 5.56 Å². The van der Waals surface area contributed by atoms with E-state index in [-0.39, 0.29) is 11.1 Å². The smallest absolute Gasteiger partial charge is 0.285 e. The maximum Gasteiger partial charge on any atom is 0.393 e. The molecule has 0 bridgehead atoms. The molecular weight excluding hydrogens is 181 g/mol. The van der Waals surface area contributed by atoms with E-state index >= 15 is 0 Å². The van der Waals surface area contributed by atoms with E-state index in [9.17, 15) is 18.0 Å². The van der Waals surface area contributed by atoms with Crippen LogP contribution in [0.1, 0.15) is 11.1 Å². The summed E-state index contributed by atoms with van der Waals surface area (Å²) in [5.74, 6) is 0. The first-order valence-electron chi connectivity index (χ1n) is 3.56. The number of halogens is 3. The van der Waals surface area contributed by atoms with Crippen LogP contribution in [0.25, 0.3) is 0 Å². The van der Waals surface area contributed by atoms with Gasteiger partial charge in [0.15, 0.2) is 0 Å². The van der Waals surface area contributed by atoms with Crippen molar-refractivity contribution in [1.29, 1.82) is 0 Å². The Hall–Kier alpha value is -1.32. The van der Waals surface area contributed by atoms with Gasteiger partial charge in [0.1, 0.15) is 0 Å². The largest absolute Gasteiger partial charge is 0.393 e. The summed E-state index contributed by atoms with van der Waals surface area (Å²) in [4.78, 5) is 10.2. The molecule has 0 aliphatic heterocycles. The van der Waals surface area contributed by atoms with Crippen molar-refractivity contribution in [2.45, 2.75) is 12.6 Å². The highest BCUT2D eigenvalue weighted by Crippen LogP contribution is 2.22. The lowest BCUT2D eigenvalue weighted by Gasteiger charge is -2.07. The average molecular weight is 187 g/mol. The molecule has 0 N–H and O–H groups in total. The number of carbonyl (C=O) groups excluding carboxylic acids is 1. The lowest BCUT2D eigenvalue weighted by Crippen LogP contribution is -2.12. The third kappa shape index (κ3) is 2.89. The van der Waals surface area contributed by atoms with Gasteiger partial charge in [-0.3, -0.25) is 4.79 Å². The minimum Gasteiger partial charge on any atom is -0.285 e. The summed E-state index contributed by atoms with van der Waals surface area (Å²) >= 11 is 0. The summed E-state index contributed by atoms with van der Waals surface area (Å²) in [6, 6.07) is 5.55.